The van der Waals surface area contributed by atoms with E-state index in [1.807, 2.05) is 0 Å². The largest absolute Gasteiger partial charge is 0.433 e. The number of carbonyl (C=O) groups is 1. The lowest BCUT2D eigenvalue weighted by Gasteiger charge is -2.16. The van der Waals surface area contributed by atoms with Gasteiger partial charge in [0.15, 0.2) is 0 Å². The van der Waals surface area contributed by atoms with Crippen LogP contribution in [0.3, 0.4) is 0 Å². The monoisotopic (exact) mass is 274 g/mol. The Balaban J connectivity index is 2.63. The van der Waals surface area contributed by atoms with Gasteiger partial charge in [0.25, 0.3) is 0 Å². The molecule has 0 fully saturated rings. The Hall–Kier alpha value is -1.73. The molecule has 1 aromatic carbocycles. The van der Waals surface area contributed by atoms with E-state index in [1.54, 1.807) is 18.0 Å². The van der Waals surface area contributed by atoms with E-state index in [0.29, 0.717) is 6.54 Å². The molecule has 1 rings (SSSR count). The minimum Gasteiger partial charge on any atom is -0.433 e. The second kappa shape index (κ2) is 7.65. The van der Waals surface area contributed by atoms with Crippen LogP contribution >= 0.6 is 0 Å². The van der Waals surface area contributed by atoms with Crippen molar-refractivity contribution in [3.8, 4) is 5.75 Å². The molecule has 0 saturated heterocycles. The third-order valence-corrected chi connectivity index (χ3v) is 2.27. The van der Waals surface area contributed by atoms with Gasteiger partial charge in [-0.05, 0) is 19.2 Å². The fraction of sp³-hybridized carbons (Fsp3) is 0.417. The highest BCUT2D eigenvalue weighted by molar-refractivity contribution is 5.93. The van der Waals surface area contributed by atoms with Crippen LogP contribution in [0.25, 0.3) is 0 Å². The Morgan fingerprint density at radius 3 is 2.79 bits per heavy atom. The number of benzene rings is 1. The summed E-state index contributed by atoms with van der Waals surface area (Å²) in [5.41, 5.74) is 0.185. The van der Waals surface area contributed by atoms with Gasteiger partial charge in [-0.25, -0.2) is 0 Å². The number of aliphatic hydroxyl groups is 1. The molecule has 106 valence electrons. The number of halogens is 2. The van der Waals surface area contributed by atoms with Gasteiger partial charge in [-0.15, -0.1) is 0 Å². The quantitative estimate of drug-likeness (QED) is 0.783. The molecule has 0 unspecified atom stereocenters. The molecule has 0 aliphatic carbocycles. The van der Waals surface area contributed by atoms with Crippen molar-refractivity contribution in [2.24, 2.45) is 0 Å². The van der Waals surface area contributed by atoms with Crippen molar-refractivity contribution in [2.75, 3.05) is 32.1 Å². The molecule has 1 amide bonds. The van der Waals surface area contributed by atoms with E-state index < -0.39 is 6.61 Å². The van der Waals surface area contributed by atoms with Crippen LogP contribution in [0.15, 0.2) is 24.3 Å². The van der Waals surface area contributed by atoms with Crippen LogP contribution in [0, 0.1) is 0 Å². The number of rotatable bonds is 7. The van der Waals surface area contributed by atoms with Crippen molar-refractivity contribution in [1.29, 1.82) is 0 Å². The Morgan fingerprint density at radius 2 is 2.16 bits per heavy atom. The first-order chi connectivity index (χ1) is 9.02. The van der Waals surface area contributed by atoms with Crippen molar-refractivity contribution in [3.63, 3.8) is 0 Å². The zero-order chi connectivity index (χ0) is 14.3. The molecular weight excluding hydrogens is 258 g/mol. The molecule has 7 heteroatoms. The first-order valence-corrected chi connectivity index (χ1v) is 5.66. The van der Waals surface area contributed by atoms with Gasteiger partial charge in [0.1, 0.15) is 5.75 Å². The molecule has 19 heavy (non-hydrogen) atoms. The fourth-order valence-corrected chi connectivity index (χ4v) is 1.45. The van der Waals surface area contributed by atoms with Crippen molar-refractivity contribution in [1.82, 2.24) is 4.90 Å². The van der Waals surface area contributed by atoms with E-state index in [-0.39, 0.29) is 30.5 Å². The summed E-state index contributed by atoms with van der Waals surface area (Å²) < 4.78 is 28.7. The van der Waals surface area contributed by atoms with Crippen LogP contribution in [0.4, 0.5) is 14.5 Å². The van der Waals surface area contributed by atoms with E-state index >= 15 is 0 Å². The van der Waals surface area contributed by atoms with Gasteiger partial charge in [0.2, 0.25) is 5.91 Å². The number of anilines is 1. The molecule has 1 aromatic rings. The Labute approximate surface area is 109 Å². The minimum atomic E-state index is -2.95. The molecule has 0 radical (unpaired) electrons. The number of aliphatic hydroxyl groups excluding tert-OH is 1. The third-order valence-electron chi connectivity index (χ3n) is 2.27. The molecule has 5 nitrogen and oxygen atoms in total. The van der Waals surface area contributed by atoms with Gasteiger partial charge >= 0.3 is 6.61 Å². The van der Waals surface area contributed by atoms with Gasteiger partial charge in [-0.2, -0.15) is 8.78 Å². The molecule has 0 atom stereocenters. The van der Waals surface area contributed by atoms with Gasteiger partial charge in [-0.3, -0.25) is 9.69 Å². The van der Waals surface area contributed by atoms with Gasteiger partial charge in [0.05, 0.1) is 18.8 Å². The number of hydrogen-bond acceptors (Lipinski definition) is 4. The zero-order valence-electron chi connectivity index (χ0n) is 10.5. The van der Waals surface area contributed by atoms with E-state index in [2.05, 4.69) is 10.1 Å². The maximum Gasteiger partial charge on any atom is 0.387 e. The van der Waals surface area contributed by atoms with Crippen LogP contribution in [0.2, 0.25) is 0 Å². The lowest BCUT2D eigenvalue weighted by atomic mass is 10.3. The number of para-hydroxylation sites is 2. The summed E-state index contributed by atoms with van der Waals surface area (Å²) >= 11 is 0. The number of hydrogen-bond donors (Lipinski definition) is 2. The highest BCUT2D eigenvalue weighted by Crippen LogP contribution is 2.25. The maximum atomic E-state index is 12.2. The van der Waals surface area contributed by atoms with Crippen molar-refractivity contribution in [2.45, 2.75) is 6.61 Å². The van der Waals surface area contributed by atoms with Gasteiger partial charge in [-0.1, -0.05) is 12.1 Å². The highest BCUT2D eigenvalue weighted by atomic mass is 19.3. The first kappa shape index (κ1) is 15.3. The van der Waals surface area contributed by atoms with Crippen LogP contribution < -0.4 is 10.1 Å². The van der Waals surface area contributed by atoms with Crippen LogP contribution in [-0.4, -0.2) is 49.3 Å². The van der Waals surface area contributed by atoms with E-state index in [1.165, 1.54) is 18.2 Å². The zero-order valence-corrected chi connectivity index (χ0v) is 10.5. The summed E-state index contributed by atoms with van der Waals surface area (Å²) in [7, 11) is 1.66. The lowest BCUT2D eigenvalue weighted by molar-refractivity contribution is -0.117. The molecule has 0 aliphatic heterocycles. The number of nitrogens with zero attached hydrogens (tertiary/aromatic N) is 1. The number of likely N-dealkylation sites (N-methyl/N-ethyl adjacent to an activating group) is 1. The van der Waals surface area contributed by atoms with Gasteiger partial charge in [0, 0.05) is 6.54 Å². The first-order valence-electron chi connectivity index (χ1n) is 5.66. The van der Waals surface area contributed by atoms with E-state index in [0.717, 1.165) is 0 Å². The molecule has 0 spiro atoms. The second-order valence-corrected chi connectivity index (χ2v) is 3.88. The summed E-state index contributed by atoms with van der Waals surface area (Å²) in [4.78, 5) is 13.3. The number of alkyl halides is 2. The molecule has 0 heterocycles. The summed E-state index contributed by atoms with van der Waals surface area (Å²) in [6.45, 7) is -2.61. The number of nitrogens with one attached hydrogen (secondary N) is 1. The van der Waals surface area contributed by atoms with Crippen LogP contribution in [-0.2, 0) is 4.79 Å². The summed E-state index contributed by atoms with van der Waals surface area (Å²) in [5, 5.41) is 11.2. The summed E-state index contributed by atoms with van der Waals surface area (Å²) in [6, 6.07) is 5.96. The van der Waals surface area contributed by atoms with Crippen LogP contribution in [0.5, 0.6) is 5.75 Å². The Morgan fingerprint density at radius 1 is 1.47 bits per heavy atom. The highest BCUT2D eigenvalue weighted by Gasteiger charge is 2.12. The number of amides is 1. The average Bonchev–Trinajstić information content (AvgIpc) is 2.31. The predicted octanol–water partition coefficient (Wildman–Crippen LogP) is 1.15. The molecular formula is C12H16F2N2O3. The maximum absolute atomic E-state index is 12.2. The van der Waals surface area contributed by atoms with E-state index in [9.17, 15) is 13.6 Å². The van der Waals surface area contributed by atoms with Crippen molar-refractivity contribution >= 4 is 11.6 Å². The van der Waals surface area contributed by atoms with E-state index in [4.69, 9.17) is 5.11 Å². The number of carbonyl (C=O) groups excluding carboxylic acids is 1. The standard InChI is InChI=1S/C12H16F2N2O3/c1-16(6-7-17)8-11(18)15-9-4-2-3-5-10(9)19-12(13)14/h2-5,12,17H,6-8H2,1H3,(H,15,18). The molecule has 0 saturated carbocycles. The van der Waals surface area contributed by atoms with Gasteiger partial charge < -0.3 is 15.2 Å². The molecule has 0 aromatic heterocycles. The Kier molecular flexibility index (Phi) is 6.17. The smallest absolute Gasteiger partial charge is 0.387 e. The summed E-state index contributed by atoms with van der Waals surface area (Å²) in [5.74, 6) is -0.461. The second-order valence-electron chi connectivity index (χ2n) is 3.88. The Bertz CT molecular complexity index is 416. The topological polar surface area (TPSA) is 61.8 Å². The predicted molar refractivity (Wildman–Crippen MR) is 66.3 cm³/mol. The van der Waals surface area contributed by atoms with Crippen molar-refractivity contribution < 1.29 is 23.4 Å². The SMILES string of the molecule is CN(CCO)CC(=O)Nc1ccccc1OC(F)F. The van der Waals surface area contributed by atoms with Crippen molar-refractivity contribution in [3.05, 3.63) is 24.3 Å². The minimum absolute atomic E-state index is 0.0452. The number of ether oxygens (including phenoxy) is 1. The molecule has 0 aliphatic rings. The normalized spacial score (nSPS) is 10.8. The fourth-order valence-electron chi connectivity index (χ4n) is 1.45. The van der Waals surface area contributed by atoms with Crippen LogP contribution in [0.1, 0.15) is 0 Å². The lowest BCUT2D eigenvalue weighted by Crippen LogP contribution is -2.32. The molecule has 0 bridgehead atoms. The molecule has 2 N–H and O–H groups in total. The average molecular weight is 274 g/mol. The third kappa shape index (κ3) is 5.62. The summed E-state index contributed by atoms with van der Waals surface area (Å²) in [6.07, 6.45) is 0.